The third-order valence-electron chi connectivity index (χ3n) is 6.38. The molecule has 5 heterocycles. The van der Waals surface area contributed by atoms with Gasteiger partial charge in [0.05, 0.1) is 17.5 Å². The molecular weight excluding hydrogens is 563 g/mol. The molecule has 10 nitrogen and oxygen atoms in total. The summed E-state index contributed by atoms with van der Waals surface area (Å²) < 4.78 is 17.5. The molecule has 0 spiro atoms. The molecule has 204 valence electrons. The van der Waals surface area contributed by atoms with Gasteiger partial charge in [-0.3, -0.25) is 29.7 Å². The fourth-order valence-electron chi connectivity index (χ4n) is 4.34. The summed E-state index contributed by atoms with van der Waals surface area (Å²) in [7, 11) is 0. The van der Waals surface area contributed by atoms with Crippen molar-refractivity contribution < 1.29 is 9.18 Å². The number of hydrogen-bond donors (Lipinski definition) is 2. The first-order valence-corrected chi connectivity index (χ1v) is 14.2. The van der Waals surface area contributed by atoms with Crippen molar-refractivity contribution in [1.29, 1.82) is 5.41 Å². The minimum absolute atomic E-state index is 0.0244. The van der Waals surface area contributed by atoms with Crippen molar-refractivity contribution in [3.8, 4) is 0 Å². The Morgan fingerprint density at radius 1 is 1.12 bits per heavy atom. The lowest BCUT2D eigenvalue weighted by molar-refractivity contribution is 0.102. The summed E-state index contributed by atoms with van der Waals surface area (Å²) in [5, 5.41) is 20.2. The molecule has 0 radical (unpaired) electrons. The third kappa shape index (κ3) is 5.24. The number of halogens is 1. The molecule has 1 aromatic carbocycles. The Labute approximate surface area is 240 Å². The van der Waals surface area contributed by atoms with Crippen LogP contribution >= 0.6 is 23.1 Å². The van der Waals surface area contributed by atoms with Crippen molar-refractivity contribution in [2.75, 3.05) is 5.32 Å². The highest BCUT2D eigenvalue weighted by atomic mass is 32.2. The Kier molecular flexibility index (Phi) is 7.12. The van der Waals surface area contributed by atoms with Crippen LogP contribution in [0.2, 0.25) is 0 Å². The Morgan fingerprint density at radius 2 is 1.98 bits per heavy atom. The highest BCUT2D eigenvalue weighted by molar-refractivity contribution is 8.00. The van der Waals surface area contributed by atoms with Gasteiger partial charge >= 0.3 is 0 Å². The number of carbonyl (C=O) groups excluding carboxylic acids is 1. The van der Waals surface area contributed by atoms with Crippen LogP contribution in [0.1, 0.15) is 27.0 Å². The molecule has 0 saturated carbocycles. The van der Waals surface area contributed by atoms with Crippen LogP contribution in [-0.4, -0.2) is 35.0 Å². The van der Waals surface area contributed by atoms with Gasteiger partial charge in [0.25, 0.3) is 11.5 Å². The molecule has 41 heavy (non-hydrogen) atoms. The minimum Gasteiger partial charge on any atom is -0.306 e. The standard InChI is InChI=1S/C28H21FN8O2S2/c1-16-6-5-11-36-23(16)32-24-20(26(36)39)12-19(22(30)37(24)14-17-7-4-10-31-13-17)25(38)33-27-34-35-28(41-27)40-15-18-8-2-3-9-21(18)29/h2-13,30H,14-15H2,1H3,(H,33,34,38). The number of anilines is 1. The van der Waals surface area contributed by atoms with E-state index in [9.17, 15) is 14.0 Å². The van der Waals surface area contributed by atoms with Crippen molar-refractivity contribution in [1.82, 2.24) is 29.1 Å². The van der Waals surface area contributed by atoms with E-state index in [-0.39, 0.29) is 45.1 Å². The first-order valence-electron chi connectivity index (χ1n) is 12.4. The zero-order valence-electron chi connectivity index (χ0n) is 21.5. The van der Waals surface area contributed by atoms with Gasteiger partial charge in [-0.2, -0.15) is 0 Å². The van der Waals surface area contributed by atoms with Crippen LogP contribution in [0.5, 0.6) is 0 Å². The molecule has 0 unspecified atom stereocenters. The Morgan fingerprint density at radius 3 is 2.78 bits per heavy atom. The molecule has 2 N–H and O–H groups in total. The molecule has 6 rings (SSSR count). The molecule has 0 aliphatic carbocycles. The van der Waals surface area contributed by atoms with Gasteiger partial charge in [0.1, 0.15) is 22.6 Å². The van der Waals surface area contributed by atoms with Gasteiger partial charge in [-0.1, -0.05) is 53.4 Å². The minimum atomic E-state index is -0.618. The molecule has 0 atom stereocenters. The van der Waals surface area contributed by atoms with Crippen LogP contribution < -0.4 is 16.4 Å². The van der Waals surface area contributed by atoms with Crippen LogP contribution in [0.3, 0.4) is 0 Å². The van der Waals surface area contributed by atoms with E-state index in [1.807, 2.05) is 19.1 Å². The number of amides is 1. The number of aromatic nitrogens is 6. The summed E-state index contributed by atoms with van der Waals surface area (Å²) in [6.07, 6.45) is 4.93. The van der Waals surface area contributed by atoms with Crippen LogP contribution in [-0.2, 0) is 12.3 Å². The summed E-state index contributed by atoms with van der Waals surface area (Å²) in [6.45, 7) is 2.03. The second-order valence-corrected chi connectivity index (χ2v) is 11.3. The average molecular weight is 585 g/mol. The summed E-state index contributed by atoms with van der Waals surface area (Å²) in [4.78, 5) is 35.9. The van der Waals surface area contributed by atoms with E-state index >= 15 is 0 Å². The highest BCUT2D eigenvalue weighted by Crippen LogP contribution is 2.29. The molecule has 0 fully saturated rings. The number of aryl methyl sites for hydroxylation is 1. The van der Waals surface area contributed by atoms with E-state index in [0.717, 1.165) is 22.5 Å². The molecule has 0 aliphatic heterocycles. The maximum atomic E-state index is 14.0. The zero-order chi connectivity index (χ0) is 28.5. The lowest BCUT2D eigenvalue weighted by Gasteiger charge is -2.15. The first kappa shape index (κ1) is 26.5. The van der Waals surface area contributed by atoms with Crippen molar-refractivity contribution in [3.05, 3.63) is 117 Å². The Hall–Kier alpha value is -4.75. The summed E-state index contributed by atoms with van der Waals surface area (Å²) in [5.41, 5.74) is 2.36. The van der Waals surface area contributed by atoms with Gasteiger partial charge in [-0.05, 0) is 47.9 Å². The molecule has 13 heteroatoms. The molecule has 0 bridgehead atoms. The van der Waals surface area contributed by atoms with E-state index in [4.69, 9.17) is 10.4 Å². The van der Waals surface area contributed by atoms with E-state index in [0.29, 0.717) is 21.3 Å². The number of pyridine rings is 3. The lowest BCUT2D eigenvalue weighted by atomic mass is 10.1. The number of fused-ring (bicyclic) bond motifs is 2. The zero-order valence-corrected chi connectivity index (χ0v) is 23.2. The van der Waals surface area contributed by atoms with Crippen molar-refractivity contribution >= 4 is 50.8 Å². The predicted molar refractivity (Wildman–Crippen MR) is 155 cm³/mol. The van der Waals surface area contributed by atoms with Crippen molar-refractivity contribution in [2.45, 2.75) is 23.6 Å². The van der Waals surface area contributed by atoms with E-state index in [1.165, 1.54) is 32.9 Å². The van der Waals surface area contributed by atoms with Gasteiger partial charge in [0.2, 0.25) is 5.13 Å². The maximum absolute atomic E-state index is 14.0. The summed E-state index contributed by atoms with van der Waals surface area (Å²) in [5.74, 6) is -0.562. The van der Waals surface area contributed by atoms with Gasteiger partial charge < -0.3 is 4.57 Å². The van der Waals surface area contributed by atoms with Gasteiger partial charge in [0.15, 0.2) is 4.34 Å². The van der Waals surface area contributed by atoms with Crippen molar-refractivity contribution in [3.63, 3.8) is 0 Å². The molecule has 6 aromatic rings. The first-order chi connectivity index (χ1) is 19.9. The van der Waals surface area contributed by atoms with Crippen LogP contribution in [0.25, 0.3) is 16.7 Å². The molecule has 0 aliphatic rings. The van der Waals surface area contributed by atoms with Crippen LogP contribution in [0.4, 0.5) is 9.52 Å². The molecule has 5 aromatic heterocycles. The summed E-state index contributed by atoms with van der Waals surface area (Å²) in [6, 6.07) is 15.1. The van der Waals surface area contributed by atoms with Crippen LogP contribution in [0.15, 0.2) is 82.3 Å². The number of nitrogens with one attached hydrogen (secondary N) is 2. The number of rotatable bonds is 7. The number of hydrogen-bond acceptors (Lipinski definition) is 9. The smallest absolute Gasteiger partial charge is 0.267 e. The van der Waals surface area contributed by atoms with Gasteiger partial charge in [0, 0.05) is 24.3 Å². The second kappa shape index (κ2) is 11.0. The fourth-order valence-corrected chi connectivity index (χ4v) is 6.07. The van der Waals surface area contributed by atoms with Crippen LogP contribution in [0, 0.1) is 18.2 Å². The quantitative estimate of drug-likeness (QED) is 0.161. The fraction of sp³-hybridized carbons (Fsp3) is 0.107. The van der Waals surface area contributed by atoms with Gasteiger partial charge in [-0.15, -0.1) is 10.2 Å². The molecular formula is C28H21FN8O2S2. The Balaban J connectivity index is 1.37. The van der Waals surface area contributed by atoms with E-state index in [2.05, 4.69) is 20.5 Å². The number of benzene rings is 1. The topological polar surface area (TPSA) is 131 Å². The predicted octanol–water partition coefficient (Wildman–Crippen LogP) is 4.42. The maximum Gasteiger partial charge on any atom is 0.267 e. The average Bonchev–Trinajstić information content (AvgIpc) is 3.42. The SMILES string of the molecule is Cc1cccn2c(=O)c3cc(C(=O)Nc4nnc(SCc5ccccc5F)s4)c(=N)n(Cc4cccnc4)c3nc12. The number of carbonyl (C=O) groups is 1. The number of nitrogens with zero attached hydrogens (tertiary/aromatic N) is 6. The van der Waals surface area contributed by atoms with Gasteiger partial charge in [-0.25, -0.2) is 9.37 Å². The largest absolute Gasteiger partial charge is 0.306 e. The second-order valence-electron chi connectivity index (χ2n) is 9.10. The highest BCUT2D eigenvalue weighted by Gasteiger charge is 2.20. The Bertz CT molecular complexity index is 2060. The van der Waals surface area contributed by atoms with E-state index in [1.54, 1.807) is 48.9 Å². The number of thioether (sulfide) groups is 1. The van der Waals surface area contributed by atoms with Crippen molar-refractivity contribution in [2.24, 2.45) is 0 Å². The molecule has 0 saturated heterocycles. The third-order valence-corrected chi connectivity index (χ3v) is 8.40. The monoisotopic (exact) mass is 584 g/mol. The lowest BCUT2D eigenvalue weighted by Crippen LogP contribution is -2.32. The normalized spacial score (nSPS) is 11.3. The molecule has 1 amide bonds. The van der Waals surface area contributed by atoms with E-state index < -0.39 is 5.91 Å². The summed E-state index contributed by atoms with van der Waals surface area (Å²) >= 11 is 2.43.